The van der Waals surface area contributed by atoms with Crippen molar-refractivity contribution in [2.45, 2.75) is 23.5 Å². The molecule has 0 atom stereocenters. The molecular formula is C17H15N5O2S2. The van der Waals surface area contributed by atoms with Crippen molar-refractivity contribution in [3.63, 3.8) is 0 Å². The number of terminal acetylenes is 1. The number of hydrogen-bond donors (Lipinski definition) is 1. The van der Waals surface area contributed by atoms with Crippen LogP contribution < -0.4 is 5.43 Å². The molecule has 4 rings (SSSR count). The van der Waals surface area contributed by atoms with E-state index in [0.29, 0.717) is 40.3 Å². The number of nitrogens with one attached hydrogen (secondary N) is 1. The first-order valence-corrected chi connectivity index (χ1v) is 10.7. The van der Waals surface area contributed by atoms with E-state index in [1.54, 1.807) is 12.1 Å². The molecule has 7 nitrogen and oxygen atoms in total. The van der Waals surface area contributed by atoms with Gasteiger partial charge in [0.25, 0.3) is 0 Å². The van der Waals surface area contributed by atoms with Crippen LogP contribution in [0.1, 0.15) is 24.8 Å². The number of hydrogen-bond acceptors (Lipinski definition) is 7. The summed E-state index contributed by atoms with van der Waals surface area (Å²) in [5.74, 6) is 4.58. The lowest BCUT2D eigenvalue weighted by Crippen LogP contribution is -2.11. The molecular weight excluding hydrogens is 370 g/mol. The molecule has 9 heteroatoms. The van der Waals surface area contributed by atoms with Gasteiger partial charge >= 0.3 is 0 Å². The minimum absolute atomic E-state index is 0.268. The van der Waals surface area contributed by atoms with Crippen LogP contribution in [0.5, 0.6) is 0 Å². The number of aromatic nitrogens is 2. The van der Waals surface area contributed by atoms with Crippen LogP contribution in [0.15, 0.2) is 32.6 Å². The Morgan fingerprint density at radius 2 is 2.19 bits per heavy atom. The lowest BCUT2D eigenvalue weighted by Gasteiger charge is -2.03. The van der Waals surface area contributed by atoms with Crippen LogP contribution in [0.4, 0.5) is 5.82 Å². The van der Waals surface area contributed by atoms with Crippen molar-refractivity contribution < 1.29 is 8.42 Å². The fraction of sp³-hybridized carbons (Fsp3) is 0.294. The third-order valence-electron chi connectivity index (χ3n) is 4.06. The van der Waals surface area contributed by atoms with E-state index in [4.69, 9.17) is 6.42 Å². The number of aliphatic imine (C=N–C) groups is 1. The lowest BCUT2D eigenvalue weighted by molar-refractivity contribution is 0.604. The van der Waals surface area contributed by atoms with Crippen molar-refractivity contribution in [3.8, 4) is 23.0 Å². The number of nitrogens with zero attached hydrogens (tertiary/aromatic N) is 4. The first kappa shape index (κ1) is 16.9. The Hall–Kier alpha value is -2.57. The first-order valence-electron chi connectivity index (χ1n) is 7.98. The minimum atomic E-state index is -3.26. The second-order valence-corrected chi connectivity index (χ2v) is 9.52. The third kappa shape index (κ3) is 3.38. The number of sulfone groups is 1. The van der Waals surface area contributed by atoms with E-state index in [1.165, 1.54) is 25.3 Å². The van der Waals surface area contributed by atoms with Crippen molar-refractivity contribution in [3.05, 3.63) is 23.9 Å². The summed E-state index contributed by atoms with van der Waals surface area (Å²) in [5.41, 5.74) is 4.54. The molecule has 0 bridgehead atoms. The highest BCUT2D eigenvalue weighted by Gasteiger charge is 2.31. The third-order valence-corrected chi connectivity index (χ3v) is 6.96. The molecule has 1 saturated carbocycles. The summed E-state index contributed by atoms with van der Waals surface area (Å²) < 4.78 is 23.6. The summed E-state index contributed by atoms with van der Waals surface area (Å²) >= 11 is 1.12. The van der Waals surface area contributed by atoms with E-state index >= 15 is 0 Å². The quantitative estimate of drug-likeness (QED) is 0.815. The van der Waals surface area contributed by atoms with Gasteiger partial charge in [-0.3, -0.25) is 5.43 Å². The Morgan fingerprint density at radius 1 is 1.38 bits per heavy atom. The number of hydrazone groups is 1. The highest BCUT2D eigenvalue weighted by atomic mass is 32.2. The van der Waals surface area contributed by atoms with Crippen LogP contribution >= 0.6 is 11.3 Å². The second kappa shape index (κ2) is 6.30. The predicted molar refractivity (Wildman–Crippen MR) is 101 cm³/mol. The maximum atomic E-state index is 11.7. The summed E-state index contributed by atoms with van der Waals surface area (Å²) in [4.78, 5) is 13.8. The van der Waals surface area contributed by atoms with Gasteiger partial charge in [-0.05, 0) is 30.9 Å². The van der Waals surface area contributed by atoms with Crippen LogP contribution in [-0.2, 0) is 9.84 Å². The molecule has 0 spiro atoms. The van der Waals surface area contributed by atoms with Crippen LogP contribution in [-0.4, -0.2) is 36.2 Å². The van der Waals surface area contributed by atoms with Gasteiger partial charge < -0.3 is 0 Å². The van der Waals surface area contributed by atoms with Gasteiger partial charge in [0.2, 0.25) is 0 Å². The fourth-order valence-corrected chi connectivity index (χ4v) is 4.42. The van der Waals surface area contributed by atoms with Crippen molar-refractivity contribution in [1.82, 2.24) is 15.4 Å². The van der Waals surface area contributed by atoms with Gasteiger partial charge in [-0.2, -0.15) is 5.10 Å². The molecule has 132 valence electrons. The summed E-state index contributed by atoms with van der Waals surface area (Å²) in [6, 6.07) is 3.23. The molecule has 0 radical (unpaired) electrons. The molecule has 0 aromatic carbocycles. The standard InChI is InChI=1S/C17H15N5O2S2/c1-3-10-9-18-17(13-6-7-15(25-13)26(2,23)24)20-16(10)19-14-8-12(21-22-14)11-4-5-11/h1,6-7,9,11H,4-5,8H2,2H3,(H,18,19,20,22). The SMILES string of the molecule is C#Cc1cnc(-c2ccc(S(C)(=O)=O)s2)nc1N=C1CC(C2CC2)=NN1. The molecule has 0 unspecified atom stereocenters. The number of thiophene rings is 1. The largest absolute Gasteiger partial charge is 0.265 e. The number of amidine groups is 1. The van der Waals surface area contributed by atoms with Gasteiger partial charge in [-0.25, -0.2) is 23.4 Å². The van der Waals surface area contributed by atoms with E-state index < -0.39 is 9.84 Å². The van der Waals surface area contributed by atoms with Crippen molar-refractivity contribution in [1.29, 1.82) is 0 Å². The molecule has 2 aromatic heterocycles. The van der Waals surface area contributed by atoms with Gasteiger partial charge in [0.1, 0.15) is 10.0 Å². The Morgan fingerprint density at radius 3 is 2.85 bits per heavy atom. The van der Waals surface area contributed by atoms with Crippen molar-refractivity contribution >= 4 is 38.5 Å². The average Bonchev–Trinajstić information content (AvgIpc) is 3.14. The topological polar surface area (TPSA) is 96.7 Å². The summed E-state index contributed by atoms with van der Waals surface area (Å²) in [6.07, 6.45) is 11.3. The van der Waals surface area contributed by atoms with Crippen LogP contribution in [0.3, 0.4) is 0 Å². The van der Waals surface area contributed by atoms with E-state index in [0.717, 1.165) is 17.0 Å². The molecule has 0 amide bonds. The molecule has 2 aliphatic rings. The van der Waals surface area contributed by atoms with Crippen LogP contribution in [0.2, 0.25) is 0 Å². The maximum absolute atomic E-state index is 11.7. The van der Waals surface area contributed by atoms with Gasteiger partial charge in [0.05, 0.1) is 10.4 Å². The Bertz CT molecular complexity index is 1090. The summed E-state index contributed by atoms with van der Waals surface area (Å²) in [5, 5.41) is 4.32. The second-order valence-electron chi connectivity index (χ2n) is 6.19. The minimum Gasteiger partial charge on any atom is -0.265 e. The monoisotopic (exact) mass is 385 g/mol. The van der Waals surface area contributed by atoms with Crippen LogP contribution in [0, 0.1) is 18.3 Å². The zero-order valence-electron chi connectivity index (χ0n) is 13.9. The molecule has 1 aliphatic heterocycles. The van der Waals surface area contributed by atoms with Gasteiger partial charge in [0, 0.05) is 24.6 Å². The normalized spacial score (nSPS) is 18.5. The predicted octanol–water partition coefficient (Wildman–Crippen LogP) is 2.38. The molecule has 1 N–H and O–H groups in total. The van der Waals surface area contributed by atoms with E-state index in [-0.39, 0.29) is 4.21 Å². The molecule has 2 aromatic rings. The summed E-state index contributed by atoms with van der Waals surface area (Å²) in [6.45, 7) is 0. The zero-order chi connectivity index (χ0) is 18.3. The molecule has 26 heavy (non-hydrogen) atoms. The van der Waals surface area contributed by atoms with Crippen molar-refractivity contribution in [2.24, 2.45) is 16.0 Å². The zero-order valence-corrected chi connectivity index (χ0v) is 15.6. The Labute approximate surface area is 155 Å². The molecule has 1 aliphatic carbocycles. The van der Waals surface area contributed by atoms with Gasteiger partial charge in [-0.1, -0.05) is 5.92 Å². The Kier molecular flexibility index (Phi) is 4.09. The molecule has 3 heterocycles. The first-order chi connectivity index (χ1) is 12.4. The van der Waals surface area contributed by atoms with Gasteiger partial charge in [-0.15, -0.1) is 17.8 Å². The van der Waals surface area contributed by atoms with E-state index in [2.05, 4.69) is 31.4 Å². The Balaban J connectivity index is 1.66. The number of rotatable bonds is 4. The van der Waals surface area contributed by atoms with E-state index in [1.807, 2.05) is 0 Å². The molecule has 0 saturated heterocycles. The fourth-order valence-electron chi connectivity index (χ4n) is 2.55. The highest BCUT2D eigenvalue weighted by Crippen LogP contribution is 2.33. The van der Waals surface area contributed by atoms with E-state index in [9.17, 15) is 8.42 Å². The van der Waals surface area contributed by atoms with Gasteiger partial charge in [0.15, 0.2) is 21.5 Å². The molecule has 1 fully saturated rings. The summed E-state index contributed by atoms with van der Waals surface area (Å²) in [7, 11) is -3.26. The maximum Gasteiger partial charge on any atom is 0.184 e. The van der Waals surface area contributed by atoms with Crippen LogP contribution in [0.25, 0.3) is 10.7 Å². The highest BCUT2D eigenvalue weighted by molar-refractivity contribution is 7.92. The lowest BCUT2D eigenvalue weighted by atomic mass is 10.2. The average molecular weight is 385 g/mol. The smallest absolute Gasteiger partial charge is 0.184 e. The van der Waals surface area contributed by atoms with Crippen molar-refractivity contribution in [2.75, 3.05) is 6.26 Å².